The minimum Gasteiger partial charge on any atom is -0.308 e. The van der Waals surface area contributed by atoms with Gasteiger partial charge in [0.2, 0.25) is 0 Å². The fourth-order valence-corrected chi connectivity index (χ4v) is 3.32. The van der Waals surface area contributed by atoms with Crippen molar-refractivity contribution in [3.05, 3.63) is 40.8 Å². The van der Waals surface area contributed by atoms with Crippen LogP contribution in [0.3, 0.4) is 0 Å². The zero-order valence-corrected chi connectivity index (χ0v) is 14.7. The van der Waals surface area contributed by atoms with Crippen LogP contribution < -0.4 is 10.6 Å². The number of fused-ring (bicyclic) bond motifs is 1. The highest BCUT2D eigenvalue weighted by Crippen LogP contribution is 2.39. The number of amides is 2. The van der Waals surface area contributed by atoms with E-state index in [-0.39, 0.29) is 16.0 Å². The molecule has 3 rings (SSSR count). The Morgan fingerprint density at radius 3 is 2.62 bits per heavy atom. The Morgan fingerprint density at radius 2 is 1.96 bits per heavy atom. The van der Waals surface area contributed by atoms with E-state index in [4.69, 9.17) is 0 Å². The summed E-state index contributed by atoms with van der Waals surface area (Å²) in [5.41, 5.74) is 1.78. The molecule has 5 nitrogen and oxygen atoms in total. The molecule has 0 spiro atoms. The van der Waals surface area contributed by atoms with E-state index >= 15 is 0 Å². The molecule has 2 amide bonds. The fraction of sp³-hybridized carbons (Fsp3) is 0.294. The molecular weight excluding hydrogens is 365 g/mol. The molecule has 138 valence electrons. The maximum atomic E-state index is 12.8. The molecule has 0 radical (unpaired) electrons. The second-order valence-electron chi connectivity index (χ2n) is 5.81. The van der Waals surface area contributed by atoms with Crippen molar-refractivity contribution in [2.24, 2.45) is 0 Å². The number of H-pyrrole nitrogens is 1. The molecule has 3 N–H and O–H groups in total. The van der Waals surface area contributed by atoms with E-state index in [0.717, 1.165) is 25.3 Å². The number of nitrogens with one attached hydrogen (secondary N) is 3. The molecule has 3 aromatic rings. The molecule has 1 aromatic carbocycles. The van der Waals surface area contributed by atoms with Crippen LogP contribution >= 0.6 is 11.3 Å². The summed E-state index contributed by atoms with van der Waals surface area (Å²) in [4.78, 5) is 11.5. The number of anilines is 2. The van der Waals surface area contributed by atoms with Crippen LogP contribution in [0.15, 0.2) is 30.3 Å². The molecule has 0 atom stereocenters. The minimum absolute atomic E-state index is 0.129. The van der Waals surface area contributed by atoms with E-state index in [1.165, 1.54) is 5.56 Å². The smallest absolute Gasteiger partial charge is 0.308 e. The summed E-state index contributed by atoms with van der Waals surface area (Å²) in [5.74, 6) is 0.129. The lowest BCUT2D eigenvalue weighted by atomic mass is 10.1. The summed E-state index contributed by atoms with van der Waals surface area (Å²) in [6.07, 6.45) is -1.24. The van der Waals surface area contributed by atoms with Gasteiger partial charge in [-0.1, -0.05) is 25.5 Å². The Hall–Kier alpha value is -2.55. The van der Waals surface area contributed by atoms with E-state index in [0.29, 0.717) is 17.0 Å². The molecule has 0 aliphatic carbocycles. The number of aryl methyl sites for hydroxylation is 1. The maximum Gasteiger partial charge on any atom is 0.425 e. The zero-order valence-electron chi connectivity index (χ0n) is 13.9. The molecule has 9 heteroatoms. The van der Waals surface area contributed by atoms with Gasteiger partial charge in [-0.3, -0.25) is 10.4 Å². The van der Waals surface area contributed by atoms with Crippen LogP contribution in [0.2, 0.25) is 0 Å². The molecule has 0 bridgehead atoms. The van der Waals surface area contributed by atoms with E-state index in [1.54, 1.807) is 12.1 Å². The van der Waals surface area contributed by atoms with Crippen molar-refractivity contribution in [2.75, 3.05) is 10.6 Å². The van der Waals surface area contributed by atoms with E-state index in [1.807, 2.05) is 12.1 Å². The molecular formula is C17H17F3N4OS. The summed E-state index contributed by atoms with van der Waals surface area (Å²) in [6.45, 7) is 2.12. The topological polar surface area (TPSA) is 69.8 Å². The van der Waals surface area contributed by atoms with Gasteiger partial charge < -0.3 is 5.32 Å². The highest BCUT2D eigenvalue weighted by atomic mass is 32.1. The number of alkyl halides is 3. The number of unbranched alkanes of at least 4 members (excludes halogenated alkanes) is 1. The Bertz CT molecular complexity index is 899. The average Bonchev–Trinajstić information content (AvgIpc) is 3.16. The number of aromatic nitrogens is 2. The minimum atomic E-state index is -4.43. The fourth-order valence-electron chi connectivity index (χ4n) is 2.46. The van der Waals surface area contributed by atoms with Gasteiger partial charge in [0.15, 0.2) is 0 Å². The number of carbonyl (C=O) groups excluding carboxylic acids is 1. The normalized spacial score (nSPS) is 11.7. The van der Waals surface area contributed by atoms with E-state index in [9.17, 15) is 18.0 Å². The van der Waals surface area contributed by atoms with Gasteiger partial charge in [-0.05, 0) is 36.6 Å². The molecule has 0 fully saturated rings. The van der Waals surface area contributed by atoms with Crippen molar-refractivity contribution < 1.29 is 18.0 Å². The van der Waals surface area contributed by atoms with Crippen molar-refractivity contribution in [2.45, 2.75) is 32.4 Å². The van der Waals surface area contributed by atoms with Gasteiger partial charge in [-0.2, -0.15) is 18.3 Å². The summed E-state index contributed by atoms with van der Waals surface area (Å²) >= 11 is 0.525. The number of urea groups is 1. The van der Waals surface area contributed by atoms with Gasteiger partial charge in [-0.25, -0.2) is 4.79 Å². The third-order valence-corrected chi connectivity index (χ3v) is 4.87. The Labute approximate surface area is 151 Å². The third kappa shape index (κ3) is 4.16. The number of hydrogen-bond acceptors (Lipinski definition) is 3. The predicted octanol–water partition coefficient (Wildman–Crippen LogP) is 5.63. The Morgan fingerprint density at radius 1 is 1.23 bits per heavy atom. The molecule has 2 heterocycles. The Balaban J connectivity index is 1.66. The molecule has 0 unspecified atom stereocenters. The molecule has 0 aliphatic heterocycles. The lowest BCUT2D eigenvalue weighted by Crippen LogP contribution is -2.19. The van der Waals surface area contributed by atoms with Crippen LogP contribution in [0, 0.1) is 0 Å². The molecule has 0 saturated heterocycles. The number of benzene rings is 1. The number of halogens is 3. The first-order chi connectivity index (χ1) is 12.4. The zero-order chi connectivity index (χ0) is 18.7. The Kier molecular flexibility index (Phi) is 5.17. The van der Waals surface area contributed by atoms with Gasteiger partial charge in [0.25, 0.3) is 0 Å². The second kappa shape index (κ2) is 7.36. The summed E-state index contributed by atoms with van der Waals surface area (Å²) in [5, 5.41) is 11.7. The third-order valence-electron chi connectivity index (χ3n) is 3.80. The van der Waals surface area contributed by atoms with Crippen LogP contribution in [0.1, 0.15) is 30.2 Å². The van der Waals surface area contributed by atoms with Crippen molar-refractivity contribution in [3.63, 3.8) is 0 Å². The largest absolute Gasteiger partial charge is 0.425 e. The van der Waals surface area contributed by atoms with Crippen LogP contribution in [-0.4, -0.2) is 16.2 Å². The lowest BCUT2D eigenvalue weighted by Gasteiger charge is -2.07. The van der Waals surface area contributed by atoms with Crippen molar-refractivity contribution in [1.82, 2.24) is 10.2 Å². The van der Waals surface area contributed by atoms with Crippen LogP contribution in [0.25, 0.3) is 10.2 Å². The quantitative estimate of drug-likeness (QED) is 0.535. The monoisotopic (exact) mass is 382 g/mol. The average molecular weight is 382 g/mol. The van der Waals surface area contributed by atoms with Gasteiger partial charge in [0.1, 0.15) is 15.5 Å². The number of thiophene rings is 1. The highest BCUT2D eigenvalue weighted by molar-refractivity contribution is 7.18. The number of nitrogens with zero attached hydrogens (tertiary/aromatic N) is 1. The van der Waals surface area contributed by atoms with Crippen molar-refractivity contribution in [3.8, 4) is 0 Å². The van der Waals surface area contributed by atoms with Crippen LogP contribution in [-0.2, 0) is 12.6 Å². The maximum absolute atomic E-state index is 12.8. The second-order valence-corrected chi connectivity index (χ2v) is 6.84. The summed E-state index contributed by atoms with van der Waals surface area (Å²) in [6, 6.07) is 7.87. The standard InChI is InChI=1S/C17H17F3N4OS/c1-2-3-4-10-5-7-11(8-6-10)21-16(25)22-14-12-9-13(17(18,19)20)26-15(12)24-23-14/h5-9H,2-4H2,1H3,(H3,21,22,23,24,25). The van der Waals surface area contributed by atoms with E-state index < -0.39 is 17.1 Å². The summed E-state index contributed by atoms with van der Waals surface area (Å²) < 4.78 is 38.3. The van der Waals surface area contributed by atoms with Gasteiger partial charge >= 0.3 is 12.2 Å². The number of rotatable bonds is 5. The van der Waals surface area contributed by atoms with E-state index in [2.05, 4.69) is 27.8 Å². The first-order valence-electron chi connectivity index (χ1n) is 8.09. The number of carbonyl (C=O) groups is 1. The SMILES string of the molecule is CCCCc1ccc(NC(=O)Nc2[nH]nc3sc(C(F)(F)F)cc23)cc1. The molecule has 2 aromatic heterocycles. The number of aromatic amines is 1. The molecule has 26 heavy (non-hydrogen) atoms. The first-order valence-corrected chi connectivity index (χ1v) is 8.90. The van der Waals surface area contributed by atoms with Crippen LogP contribution in [0.5, 0.6) is 0 Å². The van der Waals surface area contributed by atoms with Crippen molar-refractivity contribution >= 4 is 39.1 Å². The lowest BCUT2D eigenvalue weighted by molar-refractivity contribution is -0.134. The van der Waals surface area contributed by atoms with Crippen LogP contribution in [0.4, 0.5) is 29.5 Å². The van der Waals surface area contributed by atoms with Crippen molar-refractivity contribution in [1.29, 1.82) is 0 Å². The number of hydrogen-bond donors (Lipinski definition) is 3. The van der Waals surface area contributed by atoms with Gasteiger partial charge in [0.05, 0.1) is 5.39 Å². The summed E-state index contributed by atoms with van der Waals surface area (Å²) in [7, 11) is 0. The molecule has 0 saturated carbocycles. The predicted molar refractivity (Wildman–Crippen MR) is 96.7 cm³/mol. The molecule has 0 aliphatic rings. The van der Waals surface area contributed by atoms with Gasteiger partial charge in [-0.15, -0.1) is 11.3 Å². The van der Waals surface area contributed by atoms with Gasteiger partial charge in [0, 0.05) is 5.69 Å². The first kappa shape index (κ1) is 18.2. The highest BCUT2D eigenvalue weighted by Gasteiger charge is 2.33.